The number of nitro benzene ring substituents is 1. The van der Waals surface area contributed by atoms with Gasteiger partial charge >= 0.3 is 0 Å². The number of fused-ring (bicyclic) bond motifs is 1. The molecule has 0 spiro atoms. The normalized spacial score (nSPS) is 23.4. The molecule has 0 saturated heterocycles. The number of nitrogens with zero attached hydrogens (tertiary/aromatic N) is 6. The van der Waals surface area contributed by atoms with Gasteiger partial charge in [-0.15, -0.1) is 0 Å². The Morgan fingerprint density at radius 2 is 1.73 bits per heavy atom. The molecule has 8 nitrogen and oxygen atoms in total. The van der Waals surface area contributed by atoms with Gasteiger partial charge in [0.25, 0.3) is 5.69 Å². The van der Waals surface area contributed by atoms with Crippen molar-refractivity contribution in [1.29, 1.82) is 0 Å². The zero-order chi connectivity index (χ0) is 24.0. The number of hydrogen-bond acceptors (Lipinski definition) is 5. The second-order valence-electron chi connectivity index (χ2n) is 8.75. The van der Waals surface area contributed by atoms with Crippen molar-refractivity contribution in [2.24, 2.45) is 9.85 Å². The number of nitro groups is 1. The maximum absolute atomic E-state index is 11.1. The summed E-state index contributed by atoms with van der Waals surface area (Å²) in [5, 5.41) is 17.0. The molecule has 1 atom stereocenters. The molecule has 33 heavy (non-hydrogen) atoms. The third-order valence-electron chi connectivity index (χ3n) is 6.62. The highest BCUT2D eigenvalue weighted by molar-refractivity contribution is 7.67. The monoisotopic (exact) mass is 466 g/mol. The van der Waals surface area contributed by atoms with Gasteiger partial charge in [-0.25, -0.2) is 14.2 Å². The van der Waals surface area contributed by atoms with Crippen molar-refractivity contribution >= 4 is 30.6 Å². The van der Waals surface area contributed by atoms with Gasteiger partial charge in [0.2, 0.25) is 0 Å². The Bertz CT molecular complexity index is 1200. The molecule has 0 bridgehead atoms. The van der Waals surface area contributed by atoms with Crippen LogP contribution in [0.25, 0.3) is 0 Å². The van der Waals surface area contributed by atoms with Crippen molar-refractivity contribution in [2.75, 3.05) is 32.1 Å². The Kier molecular flexibility index (Phi) is 5.93. The number of anilines is 1. The number of allylic oxidation sites excluding steroid dienone is 2. The first-order chi connectivity index (χ1) is 15.7. The summed E-state index contributed by atoms with van der Waals surface area (Å²) in [7, 11) is 1.63. The molecule has 0 aliphatic carbocycles. The summed E-state index contributed by atoms with van der Waals surface area (Å²) in [6.45, 7) is 10.4. The maximum Gasteiger partial charge on any atom is 0.269 e. The van der Waals surface area contributed by atoms with Crippen LogP contribution in [0, 0.1) is 10.1 Å². The van der Waals surface area contributed by atoms with Crippen LogP contribution in [-0.2, 0) is 5.41 Å². The number of hydrazone groups is 1. The maximum atomic E-state index is 11.1. The summed E-state index contributed by atoms with van der Waals surface area (Å²) < 4.78 is 9.73. The number of likely N-dealkylation sites (N-methyl/N-ethyl adjacent to an activating group) is 1. The molecule has 2 heterocycles. The predicted octanol–water partition coefficient (Wildman–Crippen LogP) is 6.17. The molecular weight excluding hydrogens is 435 g/mol. The number of non-ortho nitro benzene ring substituents is 1. The fraction of sp³-hybridized carbons (Fsp3) is 0.375. The van der Waals surface area contributed by atoms with E-state index >= 15 is 0 Å². The van der Waals surface area contributed by atoms with E-state index in [1.165, 1.54) is 29.1 Å². The molecular formula is C24H31N6O2P. The molecule has 2 aliphatic rings. The minimum atomic E-state index is -2.48. The predicted molar refractivity (Wildman–Crippen MR) is 136 cm³/mol. The van der Waals surface area contributed by atoms with Crippen LogP contribution in [0.4, 0.5) is 17.1 Å². The summed E-state index contributed by atoms with van der Waals surface area (Å²) in [4.78, 5) is 13.0. The summed E-state index contributed by atoms with van der Waals surface area (Å²) in [5.74, 6) is 0. The molecule has 174 valence electrons. The smallest absolute Gasteiger partial charge is 0.269 e. The van der Waals surface area contributed by atoms with Gasteiger partial charge in [0.05, 0.1) is 22.1 Å². The highest BCUT2D eigenvalue weighted by Gasteiger charge is 2.47. The van der Waals surface area contributed by atoms with Crippen LogP contribution in [0.5, 0.6) is 0 Å². The Labute approximate surface area is 195 Å². The number of rotatable bonds is 5. The molecule has 0 aromatic heterocycles. The lowest BCUT2D eigenvalue weighted by molar-refractivity contribution is -0.384. The van der Waals surface area contributed by atoms with E-state index in [0.717, 1.165) is 18.4 Å². The second-order valence-corrected chi connectivity index (χ2v) is 11.7. The zero-order valence-electron chi connectivity index (χ0n) is 20.1. The fourth-order valence-electron chi connectivity index (χ4n) is 5.04. The third-order valence-corrected chi connectivity index (χ3v) is 10.4. The van der Waals surface area contributed by atoms with Gasteiger partial charge in [0.15, 0.2) is 7.36 Å². The minimum Gasteiger partial charge on any atom is -0.346 e. The molecule has 0 fully saturated rings. The van der Waals surface area contributed by atoms with Crippen LogP contribution in [0.2, 0.25) is 0 Å². The average molecular weight is 467 g/mol. The molecule has 0 radical (unpaired) electrons. The first-order valence-electron chi connectivity index (χ1n) is 11.2. The summed E-state index contributed by atoms with van der Waals surface area (Å²) in [6, 6.07) is 15.0. The minimum absolute atomic E-state index is 0.0610. The van der Waals surface area contributed by atoms with Crippen molar-refractivity contribution < 1.29 is 4.92 Å². The Hall–Kier alpha value is -2.96. The van der Waals surface area contributed by atoms with E-state index in [0.29, 0.717) is 5.69 Å². The molecule has 0 saturated carbocycles. The highest BCUT2D eigenvalue weighted by Crippen LogP contribution is 2.69. The highest BCUT2D eigenvalue weighted by atomic mass is 31.2. The summed E-state index contributed by atoms with van der Waals surface area (Å²) in [6.07, 6.45) is 1.97. The SMILES string of the molecule is CCN(CC)P1(=Nc2ccc([N+](=O)[O-])cc2)/C(=C2/N(C)c3ccccc3C2(C)C)C=NN1C. The number of para-hydroxylation sites is 1. The lowest BCUT2D eigenvalue weighted by Gasteiger charge is -2.39. The van der Waals surface area contributed by atoms with Crippen molar-refractivity contribution in [3.8, 4) is 0 Å². The Morgan fingerprint density at radius 1 is 1.09 bits per heavy atom. The molecule has 2 aliphatic heterocycles. The molecule has 4 rings (SSSR count). The molecule has 0 amide bonds. The number of benzene rings is 2. The van der Waals surface area contributed by atoms with E-state index in [-0.39, 0.29) is 16.0 Å². The fourth-order valence-corrected chi connectivity index (χ4v) is 8.74. The molecule has 9 heteroatoms. The summed E-state index contributed by atoms with van der Waals surface area (Å²) in [5.41, 5.74) is 4.23. The van der Waals surface area contributed by atoms with E-state index in [2.05, 4.69) is 68.6 Å². The lowest BCUT2D eigenvalue weighted by atomic mass is 9.84. The summed E-state index contributed by atoms with van der Waals surface area (Å²) >= 11 is 0. The van der Waals surface area contributed by atoms with Crippen LogP contribution in [-0.4, -0.2) is 47.8 Å². The molecule has 2 aromatic rings. The van der Waals surface area contributed by atoms with Gasteiger partial charge in [-0.3, -0.25) is 10.1 Å². The second kappa shape index (κ2) is 8.43. The van der Waals surface area contributed by atoms with E-state index in [9.17, 15) is 10.1 Å². The van der Waals surface area contributed by atoms with Crippen LogP contribution in [0.1, 0.15) is 33.3 Å². The molecule has 2 aromatic carbocycles. The zero-order valence-corrected chi connectivity index (χ0v) is 21.0. The van der Waals surface area contributed by atoms with E-state index in [4.69, 9.17) is 9.85 Å². The molecule has 0 N–H and O–H groups in total. The molecule has 1 unspecified atom stereocenters. The van der Waals surface area contributed by atoms with Gasteiger partial charge in [0.1, 0.15) is 0 Å². The van der Waals surface area contributed by atoms with Crippen molar-refractivity contribution in [1.82, 2.24) is 9.45 Å². The van der Waals surface area contributed by atoms with Gasteiger partial charge in [-0.1, -0.05) is 45.9 Å². The topological polar surface area (TPSA) is 77.6 Å². The van der Waals surface area contributed by atoms with E-state index in [1.807, 2.05) is 18.0 Å². The Morgan fingerprint density at radius 3 is 2.30 bits per heavy atom. The number of hydrogen-bond donors (Lipinski definition) is 0. The lowest BCUT2D eigenvalue weighted by Crippen LogP contribution is -2.30. The first kappa shape index (κ1) is 23.2. The van der Waals surface area contributed by atoms with E-state index < -0.39 is 7.36 Å². The van der Waals surface area contributed by atoms with Crippen LogP contribution in [0.15, 0.2) is 69.4 Å². The van der Waals surface area contributed by atoms with Gasteiger partial charge in [0, 0.05) is 56.1 Å². The standard InChI is InChI=1S/C24H31N6O2P/c1-7-29(8-2)33(26-18-13-15-19(16-14-18)30(31)32)22(17-25-28(33)6)23-24(3,4)20-11-9-10-12-21(20)27(23)5/h9-17H,7-8H2,1-6H3/b23-22+. The third kappa shape index (κ3) is 3.49. The first-order valence-corrected chi connectivity index (χ1v) is 12.8. The van der Waals surface area contributed by atoms with Crippen molar-refractivity contribution in [3.05, 3.63) is 75.2 Å². The van der Waals surface area contributed by atoms with Gasteiger partial charge in [-0.05, 0) is 23.8 Å². The van der Waals surface area contributed by atoms with Gasteiger partial charge < -0.3 is 4.90 Å². The van der Waals surface area contributed by atoms with Crippen molar-refractivity contribution in [2.45, 2.75) is 33.1 Å². The van der Waals surface area contributed by atoms with Crippen LogP contribution < -0.4 is 4.90 Å². The average Bonchev–Trinajstić information content (AvgIpc) is 3.20. The van der Waals surface area contributed by atoms with E-state index in [1.54, 1.807) is 12.1 Å². The Balaban J connectivity index is 2.02. The van der Waals surface area contributed by atoms with Crippen LogP contribution >= 0.6 is 7.36 Å². The van der Waals surface area contributed by atoms with Crippen molar-refractivity contribution in [3.63, 3.8) is 0 Å². The van der Waals surface area contributed by atoms with Crippen LogP contribution in [0.3, 0.4) is 0 Å². The quantitative estimate of drug-likeness (QED) is 0.299. The largest absolute Gasteiger partial charge is 0.346 e. The van der Waals surface area contributed by atoms with Gasteiger partial charge in [-0.2, -0.15) is 5.10 Å².